The van der Waals surface area contributed by atoms with Crippen molar-refractivity contribution in [3.63, 3.8) is 0 Å². The Morgan fingerprint density at radius 3 is 2.74 bits per heavy atom. The molecule has 19 heavy (non-hydrogen) atoms. The van der Waals surface area contributed by atoms with Crippen molar-refractivity contribution < 1.29 is 9.72 Å². The van der Waals surface area contributed by atoms with Gasteiger partial charge < -0.3 is 10.6 Å². The van der Waals surface area contributed by atoms with E-state index >= 15 is 0 Å². The Labute approximate surface area is 115 Å². The lowest BCUT2D eigenvalue weighted by Gasteiger charge is -2.09. The number of non-ortho nitro benzene ring substituents is 1. The van der Waals surface area contributed by atoms with E-state index in [9.17, 15) is 14.9 Å². The highest BCUT2D eigenvalue weighted by Gasteiger charge is 2.28. The van der Waals surface area contributed by atoms with Crippen LogP contribution in [0.4, 0.5) is 11.4 Å². The molecule has 0 radical (unpaired) electrons. The maximum Gasteiger partial charge on any atom is 0.271 e. The van der Waals surface area contributed by atoms with Crippen LogP contribution in [-0.2, 0) is 4.79 Å². The molecular weight excluding hydrogens is 270 g/mol. The lowest BCUT2D eigenvalue weighted by atomic mass is 10.3. The lowest BCUT2D eigenvalue weighted by Crippen LogP contribution is -2.29. The van der Waals surface area contributed by atoms with Gasteiger partial charge in [0.05, 0.1) is 15.6 Å². The molecular formula is C12H14ClN3O3. The molecule has 0 bridgehead atoms. The first-order valence-electron chi connectivity index (χ1n) is 6.03. The van der Waals surface area contributed by atoms with Gasteiger partial charge in [0.15, 0.2) is 0 Å². The Hall–Kier alpha value is -1.82. The van der Waals surface area contributed by atoms with E-state index in [-0.39, 0.29) is 17.5 Å². The molecule has 0 aromatic heterocycles. The molecule has 1 fully saturated rings. The van der Waals surface area contributed by atoms with E-state index in [4.69, 9.17) is 11.6 Å². The van der Waals surface area contributed by atoms with Crippen molar-refractivity contribution in [3.8, 4) is 0 Å². The van der Waals surface area contributed by atoms with Crippen LogP contribution in [0.1, 0.15) is 12.8 Å². The molecule has 0 heterocycles. The second-order valence-electron chi connectivity index (χ2n) is 4.41. The first kappa shape index (κ1) is 13.6. The molecule has 1 aromatic carbocycles. The summed E-state index contributed by atoms with van der Waals surface area (Å²) in [4.78, 5) is 21.4. The van der Waals surface area contributed by atoms with Gasteiger partial charge in [0.25, 0.3) is 5.69 Å². The van der Waals surface area contributed by atoms with Gasteiger partial charge in [-0.3, -0.25) is 14.9 Å². The van der Waals surface area contributed by atoms with Gasteiger partial charge in [0.1, 0.15) is 0 Å². The highest BCUT2D eigenvalue weighted by Crippen LogP contribution is 2.28. The van der Waals surface area contributed by atoms with E-state index in [1.54, 1.807) is 6.07 Å². The van der Waals surface area contributed by atoms with Crippen molar-refractivity contribution in [3.05, 3.63) is 33.3 Å². The second kappa shape index (κ2) is 5.88. The van der Waals surface area contributed by atoms with Crippen LogP contribution < -0.4 is 10.6 Å². The van der Waals surface area contributed by atoms with Gasteiger partial charge in [-0.25, -0.2) is 0 Å². The Morgan fingerprint density at radius 1 is 1.42 bits per heavy atom. The van der Waals surface area contributed by atoms with E-state index < -0.39 is 4.92 Å². The van der Waals surface area contributed by atoms with Gasteiger partial charge in [0.2, 0.25) is 5.91 Å². The van der Waals surface area contributed by atoms with Gasteiger partial charge in [-0.1, -0.05) is 11.6 Å². The third kappa shape index (κ3) is 3.82. The SMILES string of the molecule is O=C(NCCNc1ccc([N+](=O)[O-])cc1Cl)C1CC1. The van der Waals surface area contributed by atoms with Crippen molar-refractivity contribution in [2.24, 2.45) is 5.92 Å². The van der Waals surface area contributed by atoms with Crippen molar-refractivity contribution in [2.75, 3.05) is 18.4 Å². The number of nitro groups is 1. The fourth-order valence-electron chi connectivity index (χ4n) is 1.63. The van der Waals surface area contributed by atoms with Crippen LogP contribution in [0.2, 0.25) is 5.02 Å². The average Bonchev–Trinajstić information content (AvgIpc) is 3.19. The summed E-state index contributed by atoms with van der Waals surface area (Å²) in [6.45, 7) is 1.03. The molecule has 2 rings (SSSR count). The molecule has 0 saturated heterocycles. The van der Waals surface area contributed by atoms with Gasteiger partial charge in [-0.15, -0.1) is 0 Å². The summed E-state index contributed by atoms with van der Waals surface area (Å²) >= 11 is 5.92. The van der Waals surface area contributed by atoms with E-state index in [2.05, 4.69) is 10.6 Å². The normalized spacial score (nSPS) is 13.9. The summed E-state index contributed by atoms with van der Waals surface area (Å²) in [7, 11) is 0. The second-order valence-corrected chi connectivity index (χ2v) is 4.82. The van der Waals surface area contributed by atoms with Crippen molar-refractivity contribution >= 4 is 28.9 Å². The standard InChI is InChI=1S/C12H14ClN3O3/c13-10-7-9(16(18)19)3-4-11(10)14-5-6-15-12(17)8-1-2-8/h3-4,7-8,14H,1-2,5-6H2,(H,15,17). The van der Waals surface area contributed by atoms with Gasteiger partial charge in [0, 0.05) is 31.1 Å². The molecule has 1 aliphatic rings. The minimum Gasteiger partial charge on any atom is -0.382 e. The zero-order valence-electron chi connectivity index (χ0n) is 10.2. The van der Waals surface area contributed by atoms with Crippen LogP contribution in [0, 0.1) is 16.0 Å². The number of hydrogen-bond donors (Lipinski definition) is 2. The minimum absolute atomic E-state index is 0.0439. The number of anilines is 1. The number of carbonyl (C=O) groups excluding carboxylic acids is 1. The number of hydrogen-bond acceptors (Lipinski definition) is 4. The molecule has 7 heteroatoms. The molecule has 1 aliphatic carbocycles. The maximum absolute atomic E-state index is 11.4. The zero-order valence-corrected chi connectivity index (χ0v) is 10.9. The maximum atomic E-state index is 11.4. The fourth-order valence-corrected chi connectivity index (χ4v) is 1.88. The zero-order chi connectivity index (χ0) is 13.8. The highest BCUT2D eigenvalue weighted by molar-refractivity contribution is 6.33. The van der Waals surface area contributed by atoms with Crippen molar-refractivity contribution in [1.82, 2.24) is 5.32 Å². The van der Waals surface area contributed by atoms with Gasteiger partial charge >= 0.3 is 0 Å². The quantitative estimate of drug-likeness (QED) is 0.476. The molecule has 2 N–H and O–H groups in total. The molecule has 6 nitrogen and oxygen atoms in total. The summed E-state index contributed by atoms with van der Waals surface area (Å²) in [6, 6.07) is 4.24. The number of carbonyl (C=O) groups is 1. The Kier molecular flexibility index (Phi) is 4.21. The predicted molar refractivity (Wildman–Crippen MR) is 72.3 cm³/mol. The van der Waals surface area contributed by atoms with Gasteiger partial charge in [-0.2, -0.15) is 0 Å². The first-order chi connectivity index (χ1) is 9.08. The molecule has 1 saturated carbocycles. The third-order valence-electron chi connectivity index (χ3n) is 2.85. The average molecular weight is 284 g/mol. The topological polar surface area (TPSA) is 84.3 Å². The van der Waals surface area contributed by atoms with E-state index in [0.717, 1.165) is 12.8 Å². The van der Waals surface area contributed by atoms with Crippen LogP contribution in [0.15, 0.2) is 18.2 Å². The number of nitro benzene ring substituents is 1. The number of halogens is 1. The minimum atomic E-state index is -0.495. The number of nitrogens with zero attached hydrogens (tertiary/aromatic N) is 1. The Morgan fingerprint density at radius 2 is 2.16 bits per heavy atom. The largest absolute Gasteiger partial charge is 0.382 e. The summed E-state index contributed by atoms with van der Waals surface area (Å²) in [5.41, 5.74) is 0.575. The summed E-state index contributed by atoms with van der Waals surface area (Å²) in [5, 5.41) is 16.7. The van der Waals surface area contributed by atoms with E-state index in [1.165, 1.54) is 12.1 Å². The van der Waals surface area contributed by atoms with Crippen molar-refractivity contribution in [1.29, 1.82) is 0 Å². The number of rotatable bonds is 6. The fraction of sp³-hybridized carbons (Fsp3) is 0.417. The number of benzene rings is 1. The van der Waals surface area contributed by atoms with E-state index in [0.29, 0.717) is 23.8 Å². The van der Waals surface area contributed by atoms with E-state index in [1.807, 2.05) is 0 Å². The number of nitrogens with one attached hydrogen (secondary N) is 2. The van der Waals surface area contributed by atoms with Crippen molar-refractivity contribution in [2.45, 2.75) is 12.8 Å². The van der Waals surface area contributed by atoms with Gasteiger partial charge in [-0.05, 0) is 18.9 Å². The Balaban J connectivity index is 1.79. The molecule has 0 aliphatic heterocycles. The van der Waals surface area contributed by atoms with Crippen LogP contribution >= 0.6 is 11.6 Å². The monoisotopic (exact) mass is 283 g/mol. The predicted octanol–water partition coefficient (Wildman–Crippen LogP) is 2.19. The first-order valence-corrected chi connectivity index (χ1v) is 6.41. The molecule has 102 valence electrons. The molecule has 0 atom stereocenters. The summed E-state index contributed by atoms with van der Waals surface area (Å²) in [5.74, 6) is 0.291. The summed E-state index contributed by atoms with van der Waals surface area (Å²) < 4.78 is 0. The smallest absolute Gasteiger partial charge is 0.271 e. The van der Waals surface area contributed by atoms with Crippen LogP contribution in [-0.4, -0.2) is 23.9 Å². The van der Waals surface area contributed by atoms with Crippen LogP contribution in [0.25, 0.3) is 0 Å². The Bertz CT molecular complexity index is 503. The van der Waals surface area contributed by atoms with Crippen LogP contribution in [0.5, 0.6) is 0 Å². The van der Waals surface area contributed by atoms with Crippen LogP contribution in [0.3, 0.4) is 0 Å². The third-order valence-corrected chi connectivity index (χ3v) is 3.16. The molecule has 0 spiro atoms. The molecule has 1 aromatic rings. The summed E-state index contributed by atoms with van der Waals surface area (Å²) in [6.07, 6.45) is 1.96. The lowest BCUT2D eigenvalue weighted by molar-refractivity contribution is -0.384. The molecule has 1 amide bonds. The number of amides is 1. The highest BCUT2D eigenvalue weighted by atomic mass is 35.5. The molecule has 0 unspecified atom stereocenters.